The summed E-state index contributed by atoms with van der Waals surface area (Å²) >= 11 is 12.2. The third kappa shape index (κ3) is 4.96. The first kappa shape index (κ1) is 20.0. The van der Waals surface area contributed by atoms with Gasteiger partial charge in [-0.05, 0) is 35.9 Å². The minimum atomic E-state index is -0.938. The molecular formula is C19H18Cl2F2N2O2. The summed E-state index contributed by atoms with van der Waals surface area (Å²) in [5.41, 5.74) is 1.36. The fourth-order valence-corrected chi connectivity index (χ4v) is 3.52. The van der Waals surface area contributed by atoms with Crippen molar-refractivity contribution in [3.8, 4) is 0 Å². The Kier molecular flexibility index (Phi) is 6.65. The number of nitrogens with zero attached hydrogens (tertiary/aromatic N) is 2. The average Bonchev–Trinajstić information content (AvgIpc) is 2.66. The number of aldehydes is 1. The number of rotatable bonds is 6. The summed E-state index contributed by atoms with van der Waals surface area (Å²) in [6.45, 7) is 2.55. The van der Waals surface area contributed by atoms with E-state index in [4.69, 9.17) is 27.9 Å². The summed E-state index contributed by atoms with van der Waals surface area (Å²) in [7, 11) is 0. The van der Waals surface area contributed by atoms with E-state index in [9.17, 15) is 13.6 Å². The van der Waals surface area contributed by atoms with Crippen LogP contribution in [0, 0.1) is 11.6 Å². The second kappa shape index (κ2) is 8.97. The molecule has 1 saturated heterocycles. The molecule has 1 aliphatic heterocycles. The van der Waals surface area contributed by atoms with Gasteiger partial charge in [0.2, 0.25) is 0 Å². The van der Waals surface area contributed by atoms with E-state index in [2.05, 4.69) is 4.90 Å². The highest BCUT2D eigenvalue weighted by Crippen LogP contribution is 2.29. The predicted octanol–water partition coefficient (Wildman–Crippen LogP) is 4.14. The van der Waals surface area contributed by atoms with Crippen molar-refractivity contribution in [2.75, 3.05) is 31.1 Å². The Morgan fingerprint density at radius 3 is 2.41 bits per heavy atom. The lowest BCUT2D eigenvalue weighted by Gasteiger charge is -2.38. The predicted molar refractivity (Wildman–Crippen MR) is 101 cm³/mol. The number of carbonyl (C=O) groups excluding carboxylic acids is 1. The Bertz CT molecular complexity index is 814. The summed E-state index contributed by atoms with van der Waals surface area (Å²) in [5.74, 6) is -1.85. The average molecular weight is 415 g/mol. The highest BCUT2D eigenvalue weighted by atomic mass is 35.5. The molecule has 0 saturated carbocycles. The molecular weight excluding hydrogens is 397 g/mol. The molecule has 27 heavy (non-hydrogen) atoms. The molecule has 1 unspecified atom stereocenters. The second-order valence-corrected chi connectivity index (χ2v) is 7.05. The van der Waals surface area contributed by atoms with Gasteiger partial charge in [-0.1, -0.05) is 29.3 Å². The Labute approximate surface area is 166 Å². The zero-order valence-electron chi connectivity index (χ0n) is 14.4. The van der Waals surface area contributed by atoms with Gasteiger partial charge < -0.3 is 9.64 Å². The molecule has 0 bridgehead atoms. The van der Waals surface area contributed by atoms with Crippen LogP contribution < -0.4 is 4.90 Å². The van der Waals surface area contributed by atoms with Crippen LogP contribution in [0.4, 0.5) is 14.5 Å². The van der Waals surface area contributed by atoms with E-state index < -0.39 is 17.9 Å². The molecule has 1 aliphatic rings. The van der Waals surface area contributed by atoms with Gasteiger partial charge in [0.15, 0.2) is 24.1 Å². The number of hydrogen-bond acceptors (Lipinski definition) is 4. The number of benzene rings is 2. The van der Waals surface area contributed by atoms with Crippen LogP contribution in [0.2, 0.25) is 10.0 Å². The monoisotopic (exact) mass is 414 g/mol. The van der Waals surface area contributed by atoms with Crippen molar-refractivity contribution in [2.45, 2.75) is 12.8 Å². The number of anilines is 1. The first-order valence-electron chi connectivity index (χ1n) is 8.43. The molecule has 1 fully saturated rings. The molecule has 0 spiro atoms. The van der Waals surface area contributed by atoms with E-state index >= 15 is 0 Å². The topological polar surface area (TPSA) is 32.8 Å². The van der Waals surface area contributed by atoms with Crippen molar-refractivity contribution in [1.82, 2.24) is 4.90 Å². The quantitative estimate of drug-likeness (QED) is 0.665. The molecule has 8 heteroatoms. The van der Waals surface area contributed by atoms with E-state index in [0.29, 0.717) is 48.1 Å². The molecule has 4 nitrogen and oxygen atoms in total. The zero-order chi connectivity index (χ0) is 19.4. The third-order valence-corrected chi connectivity index (χ3v) is 4.98. The van der Waals surface area contributed by atoms with Crippen LogP contribution in [0.1, 0.15) is 5.56 Å². The SMILES string of the molecule is O=CC(OCc1ccc(F)c(F)c1)N1CCN(c2ccc(Cl)cc2Cl)CC1. The van der Waals surface area contributed by atoms with Crippen LogP contribution in [0.25, 0.3) is 0 Å². The lowest BCUT2D eigenvalue weighted by atomic mass is 10.2. The highest BCUT2D eigenvalue weighted by molar-refractivity contribution is 6.36. The fourth-order valence-electron chi connectivity index (χ4n) is 3.00. The van der Waals surface area contributed by atoms with Gasteiger partial charge in [0.1, 0.15) is 0 Å². The molecule has 3 rings (SSSR count). The van der Waals surface area contributed by atoms with E-state index in [1.54, 1.807) is 12.1 Å². The van der Waals surface area contributed by atoms with Crippen LogP contribution >= 0.6 is 23.2 Å². The van der Waals surface area contributed by atoms with Gasteiger partial charge in [-0.15, -0.1) is 0 Å². The van der Waals surface area contributed by atoms with Crippen molar-refractivity contribution in [2.24, 2.45) is 0 Å². The van der Waals surface area contributed by atoms with Crippen molar-refractivity contribution in [3.05, 3.63) is 63.6 Å². The van der Waals surface area contributed by atoms with E-state index in [0.717, 1.165) is 17.8 Å². The Morgan fingerprint density at radius 2 is 1.78 bits per heavy atom. The number of hydrogen-bond donors (Lipinski definition) is 0. The maximum Gasteiger partial charge on any atom is 0.167 e. The smallest absolute Gasteiger partial charge is 0.167 e. The molecule has 2 aromatic carbocycles. The van der Waals surface area contributed by atoms with Gasteiger partial charge in [0, 0.05) is 31.2 Å². The first-order chi connectivity index (χ1) is 13.0. The minimum absolute atomic E-state index is 0.0177. The van der Waals surface area contributed by atoms with Gasteiger partial charge >= 0.3 is 0 Å². The minimum Gasteiger partial charge on any atom is -0.368 e. The Balaban J connectivity index is 1.56. The van der Waals surface area contributed by atoms with Crippen LogP contribution in [-0.4, -0.2) is 43.6 Å². The summed E-state index contributed by atoms with van der Waals surface area (Å²) in [5, 5.41) is 1.16. The molecule has 1 heterocycles. The molecule has 1 atom stereocenters. The van der Waals surface area contributed by atoms with E-state index in [1.165, 1.54) is 6.07 Å². The van der Waals surface area contributed by atoms with Gasteiger partial charge in [-0.2, -0.15) is 0 Å². The van der Waals surface area contributed by atoms with Crippen LogP contribution in [0.5, 0.6) is 0 Å². The zero-order valence-corrected chi connectivity index (χ0v) is 15.9. The van der Waals surface area contributed by atoms with Crippen molar-refractivity contribution < 1.29 is 18.3 Å². The van der Waals surface area contributed by atoms with Crippen LogP contribution in [-0.2, 0) is 16.1 Å². The number of piperazine rings is 1. The van der Waals surface area contributed by atoms with Gasteiger partial charge in [0.25, 0.3) is 0 Å². The number of carbonyl (C=O) groups is 1. The molecule has 2 aromatic rings. The highest BCUT2D eigenvalue weighted by Gasteiger charge is 2.25. The summed E-state index contributed by atoms with van der Waals surface area (Å²) in [6.07, 6.45) is -0.0360. The summed E-state index contributed by atoms with van der Waals surface area (Å²) < 4.78 is 31.8. The van der Waals surface area contributed by atoms with Gasteiger partial charge in [-0.3, -0.25) is 9.69 Å². The fraction of sp³-hybridized carbons (Fsp3) is 0.316. The maximum atomic E-state index is 13.3. The standard InChI is InChI=1S/C19H18Cl2F2N2O2/c20-14-2-4-18(15(21)10-14)24-5-7-25(8-6-24)19(11-26)27-12-13-1-3-16(22)17(23)9-13/h1-4,9-11,19H,5-8,12H2. The normalized spacial score (nSPS) is 16.4. The number of halogens is 4. The van der Waals surface area contributed by atoms with Crippen molar-refractivity contribution >= 4 is 35.2 Å². The molecule has 0 aliphatic carbocycles. The van der Waals surface area contributed by atoms with Gasteiger partial charge in [-0.25, -0.2) is 8.78 Å². The van der Waals surface area contributed by atoms with Crippen LogP contribution in [0.3, 0.4) is 0 Å². The lowest BCUT2D eigenvalue weighted by molar-refractivity contribution is -0.133. The molecule has 144 valence electrons. The van der Waals surface area contributed by atoms with Gasteiger partial charge in [0.05, 0.1) is 17.3 Å². The van der Waals surface area contributed by atoms with E-state index in [-0.39, 0.29) is 6.61 Å². The molecule has 0 aromatic heterocycles. The van der Waals surface area contributed by atoms with Crippen LogP contribution in [0.15, 0.2) is 36.4 Å². The molecule has 0 amide bonds. The first-order valence-corrected chi connectivity index (χ1v) is 9.18. The lowest BCUT2D eigenvalue weighted by Crippen LogP contribution is -2.51. The molecule has 0 radical (unpaired) electrons. The third-order valence-electron chi connectivity index (χ3n) is 4.45. The Morgan fingerprint density at radius 1 is 1.04 bits per heavy atom. The summed E-state index contributed by atoms with van der Waals surface area (Å²) in [4.78, 5) is 15.5. The van der Waals surface area contributed by atoms with Crippen molar-refractivity contribution in [3.63, 3.8) is 0 Å². The van der Waals surface area contributed by atoms with E-state index in [1.807, 2.05) is 11.0 Å². The number of ether oxygens (including phenoxy) is 1. The second-order valence-electron chi connectivity index (χ2n) is 6.20. The molecule has 0 N–H and O–H groups in total. The Hall–Kier alpha value is -1.73. The largest absolute Gasteiger partial charge is 0.368 e. The van der Waals surface area contributed by atoms with Crippen molar-refractivity contribution in [1.29, 1.82) is 0 Å². The maximum absolute atomic E-state index is 13.3. The summed E-state index contributed by atoms with van der Waals surface area (Å²) in [6, 6.07) is 8.90.